The molecule has 0 aromatic heterocycles. The Hall–Kier alpha value is -0.910. The van der Waals surface area contributed by atoms with Crippen molar-refractivity contribution < 1.29 is 10.0 Å². The van der Waals surface area contributed by atoms with E-state index < -0.39 is 0 Å². The number of hydrogen-bond donors (Lipinski definition) is 2. The van der Waals surface area contributed by atoms with Gasteiger partial charge in [-0.15, -0.1) is 0 Å². The van der Waals surface area contributed by atoms with E-state index in [0.29, 0.717) is 6.04 Å². The van der Waals surface area contributed by atoms with Gasteiger partial charge < -0.3 is 15.8 Å². The van der Waals surface area contributed by atoms with Gasteiger partial charge in [0.1, 0.15) is 5.84 Å². The molecular formula is C8H15N3O2S. The fourth-order valence-corrected chi connectivity index (χ4v) is 2.61. The number of carbonyl (C=O) groups is 1. The highest BCUT2D eigenvalue weighted by molar-refractivity contribution is 7.99. The van der Waals surface area contributed by atoms with Gasteiger partial charge in [0.25, 0.3) is 0 Å². The maximum absolute atomic E-state index is 11.5. The topological polar surface area (TPSA) is 78.9 Å². The maximum atomic E-state index is 11.5. The summed E-state index contributed by atoms with van der Waals surface area (Å²) < 4.78 is 0. The van der Waals surface area contributed by atoms with E-state index in [9.17, 15) is 4.79 Å². The van der Waals surface area contributed by atoms with Gasteiger partial charge in [-0.25, -0.2) is 0 Å². The van der Waals surface area contributed by atoms with Crippen molar-refractivity contribution in [3.05, 3.63) is 0 Å². The second kappa shape index (κ2) is 5.09. The molecule has 1 atom stereocenters. The summed E-state index contributed by atoms with van der Waals surface area (Å²) in [5, 5.41) is 11.1. The van der Waals surface area contributed by atoms with Crippen LogP contribution in [0.1, 0.15) is 12.8 Å². The van der Waals surface area contributed by atoms with Crippen molar-refractivity contribution in [2.75, 3.05) is 18.6 Å². The van der Waals surface area contributed by atoms with Crippen molar-refractivity contribution >= 4 is 23.5 Å². The fraction of sp³-hybridized carbons (Fsp3) is 0.750. The SMILES string of the molecule is CN(C(=O)C/C(N)=N/O)C1CCSC1. The van der Waals surface area contributed by atoms with E-state index in [2.05, 4.69) is 5.16 Å². The molecule has 0 bridgehead atoms. The molecule has 0 spiro atoms. The largest absolute Gasteiger partial charge is 0.409 e. The number of carbonyl (C=O) groups excluding carboxylic acids is 1. The van der Waals surface area contributed by atoms with Crippen LogP contribution in [0.4, 0.5) is 0 Å². The Morgan fingerprint density at radius 1 is 1.79 bits per heavy atom. The highest BCUT2D eigenvalue weighted by atomic mass is 32.2. The Balaban J connectivity index is 2.43. The van der Waals surface area contributed by atoms with Crippen molar-refractivity contribution in [3.8, 4) is 0 Å². The second-order valence-corrected chi connectivity index (χ2v) is 4.44. The zero-order valence-corrected chi connectivity index (χ0v) is 8.96. The zero-order valence-electron chi connectivity index (χ0n) is 8.14. The summed E-state index contributed by atoms with van der Waals surface area (Å²) in [6.07, 6.45) is 1.03. The van der Waals surface area contributed by atoms with Crippen LogP contribution in [-0.4, -0.2) is 46.4 Å². The van der Waals surface area contributed by atoms with Crippen LogP contribution in [0.25, 0.3) is 0 Å². The van der Waals surface area contributed by atoms with Crippen LogP contribution in [0.15, 0.2) is 5.16 Å². The highest BCUT2D eigenvalue weighted by Gasteiger charge is 2.24. The molecule has 0 radical (unpaired) electrons. The maximum Gasteiger partial charge on any atom is 0.230 e. The molecule has 3 N–H and O–H groups in total. The number of nitrogens with zero attached hydrogens (tertiary/aromatic N) is 2. The minimum absolute atomic E-state index is 0.00579. The Bertz CT molecular complexity index is 239. The Labute approximate surface area is 87.3 Å². The summed E-state index contributed by atoms with van der Waals surface area (Å²) in [4.78, 5) is 13.2. The number of amides is 1. The van der Waals surface area contributed by atoms with Gasteiger partial charge >= 0.3 is 0 Å². The first-order valence-electron chi connectivity index (χ1n) is 4.45. The lowest BCUT2D eigenvalue weighted by molar-refractivity contribution is -0.130. The predicted octanol–water partition coefficient (Wildman–Crippen LogP) is 0.0868. The highest BCUT2D eigenvalue weighted by Crippen LogP contribution is 2.21. The molecule has 6 heteroatoms. The third-order valence-corrected chi connectivity index (χ3v) is 3.45. The first-order valence-corrected chi connectivity index (χ1v) is 5.60. The quantitative estimate of drug-likeness (QED) is 0.304. The van der Waals surface area contributed by atoms with Gasteiger partial charge in [0, 0.05) is 18.8 Å². The van der Waals surface area contributed by atoms with Crippen LogP contribution in [0.3, 0.4) is 0 Å². The first kappa shape index (κ1) is 11.2. The molecule has 1 aliphatic rings. The minimum Gasteiger partial charge on any atom is -0.409 e. The van der Waals surface area contributed by atoms with Crippen LogP contribution in [0.2, 0.25) is 0 Å². The normalized spacial score (nSPS) is 22.4. The molecule has 0 saturated carbocycles. The third-order valence-electron chi connectivity index (χ3n) is 2.31. The molecule has 1 rings (SSSR count). The Morgan fingerprint density at radius 3 is 3.00 bits per heavy atom. The summed E-state index contributed by atoms with van der Waals surface area (Å²) in [5.41, 5.74) is 5.26. The average Bonchev–Trinajstić information content (AvgIpc) is 2.69. The summed E-state index contributed by atoms with van der Waals surface area (Å²) in [7, 11) is 1.77. The van der Waals surface area contributed by atoms with E-state index in [1.807, 2.05) is 11.8 Å². The molecule has 1 saturated heterocycles. The lowest BCUT2D eigenvalue weighted by Gasteiger charge is -2.23. The number of nitrogens with two attached hydrogens (primary N) is 1. The van der Waals surface area contributed by atoms with Crippen molar-refractivity contribution in [2.45, 2.75) is 18.9 Å². The van der Waals surface area contributed by atoms with Crippen LogP contribution in [0, 0.1) is 0 Å². The molecule has 14 heavy (non-hydrogen) atoms. The Morgan fingerprint density at radius 2 is 2.50 bits per heavy atom. The standard InChI is InChI=1S/C8H15N3O2S/c1-11(6-2-3-14-5-6)8(12)4-7(9)10-13/h6,13H,2-5H2,1H3,(H2,9,10). The van der Waals surface area contributed by atoms with Crippen LogP contribution >= 0.6 is 11.8 Å². The molecular weight excluding hydrogens is 202 g/mol. The number of thioether (sulfide) groups is 1. The summed E-state index contributed by atoms with van der Waals surface area (Å²) in [6, 6.07) is 0.305. The molecule has 1 fully saturated rings. The van der Waals surface area contributed by atoms with Crippen LogP contribution in [0.5, 0.6) is 0 Å². The van der Waals surface area contributed by atoms with Gasteiger partial charge in [-0.05, 0) is 12.2 Å². The van der Waals surface area contributed by atoms with E-state index in [4.69, 9.17) is 10.9 Å². The summed E-state index contributed by atoms with van der Waals surface area (Å²) >= 11 is 1.85. The Kier molecular flexibility index (Phi) is 4.06. The van der Waals surface area contributed by atoms with E-state index in [0.717, 1.165) is 17.9 Å². The van der Waals surface area contributed by atoms with E-state index >= 15 is 0 Å². The number of amidine groups is 1. The van der Waals surface area contributed by atoms with E-state index in [1.165, 1.54) is 0 Å². The zero-order chi connectivity index (χ0) is 10.6. The van der Waals surface area contributed by atoms with Gasteiger partial charge in [0.05, 0.1) is 6.42 Å². The summed E-state index contributed by atoms with van der Waals surface area (Å²) in [6.45, 7) is 0. The molecule has 1 aliphatic heterocycles. The minimum atomic E-state index is -0.0900. The van der Waals surface area contributed by atoms with Gasteiger partial charge in [-0.1, -0.05) is 5.16 Å². The number of rotatable bonds is 3. The lowest BCUT2D eigenvalue weighted by atomic mass is 10.2. The molecule has 1 heterocycles. The second-order valence-electron chi connectivity index (χ2n) is 3.29. The lowest BCUT2D eigenvalue weighted by Crippen LogP contribution is -2.38. The molecule has 1 amide bonds. The van der Waals surface area contributed by atoms with E-state index in [1.54, 1.807) is 11.9 Å². The average molecular weight is 217 g/mol. The monoisotopic (exact) mass is 217 g/mol. The third kappa shape index (κ3) is 2.80. The van der Waals surface area contributed by atoms with Crippen molar-refractivity contribution in [1.29, 1.82) is 0 Å². The fourth-order valence-electron chi connectivity index (χ4n) is 1.35. The molecule has 0 aliphatic carbocycles. The van der Waals surface area contributed by atoms with Crippen molar-refractivity contribution in [3.63, 3.8) is 0 Å². The molecule has 80 valence electrons. The molecule has 0 aromatic rings. The molecule has 1 unspecified atom stereocenters. The van der Waals surface area contributed by atoms with Crippen molar-refractivity contribution in [2.24, 2.45) is 10.9 Å². The smallest absolute Gasteiger partial charge is 0.230 e. The first-order chi connectivity index (χ1) is 6.65. The molecule has 5 nitrogen and oxygen atoms in total. The van der Waals surface area contributed by atoms with Gasteiger partial charge in [0.2, 0.25) is 5.91 Å². The van der Waals surface area contributed by atoms with Crippen molar-refractivity contribution in [1.82, 2.24) is 4.90 Å². The van der Waals surface area contributed by atoms with Gasteiger partial charge in [0.15, 0.2) is 0 Å². The van der Waals surface area contributed by atoms with Crippen LogP contribution < -0.4 is 5.73 Å². The van der Waals surface area contributed by atoms with E-state index in [-0.39, 0.29) is 18.2 Å². The predicted molar refractivity (Wildman–Crippen MR) is 56.5 cm³/mol. The summed E-state index contributed by atoms with van der Waals surface area (Å²) in [5.74, 6) is 1.96. The molecule has 0 aromatic carbocycles. The number of hydrogen-bond acceptors (Lipinski definition) is 4. The van der Waals surface area contributed by atoms with Crippen LogP contribution in [-0.2, 0) is 4.79 Å². The van der Waals surface area contributed by atoms with Gasteiger partial charge in [-0.3, -0.25) is 4.79 Å². The van der Waals surface area contributed by atoms with Gasteiger partial charge in [-0.2, -0.15) is 11.8 Å². The number of oxime groups is 1.